The smallest absolute Gasteiger partial charge is 0.168 e. The van der Waals surface area contributed by atoms with E-state index in [0.29, 0.717) is 26.4 Å². The first-order valence-electron chi connectivity index (χ1n) is 9.71. The number of rotatable bonds is 0. The summed E-state index contributed by atoms with van der Waals surface area (Å²) in [5, 5.41) is 0. The minimum absolute atomic E-state index is 0.260. The van der Waals surface area contributed by atoms with Gasteiger partial charge in [-0.3, -0.25) is 4.79 Å². The molecular formula is C19H28O5. The number of ketones is 1. The van der Waals surface area contributed by atoms with Gasteiger partial charge in [-0.2, -0.15) is 0 Å². The maximum atomic E-state index is 13.3. The number of ether oxygens (including phenoxy) is 4. The summed E-state index contributed by atoms with van der Waals surface area (Å²) in [6.45, 7) is 2.05. The van der Waals surface area contributed by atoms with Crippen LogP contribution >= 0.6 is 0 Å². The summed E-state index contributed by atoms with van der Waals surface area (Å²) in [5.74, 6) is -0.528. The molecule has 24 heavy (non-hydrogen) atoms. The molecule has 3 saturated carbocycles. The van der Waals surface area contributed by atoms with Crippen molar-refractivity contribution in [1.82, 2.24) is 0 Å². The first-order chi connectivity index (χ1) is 11.6. The molecule has 2 aliphatic heterocycles. The van der Waals surface area contributed by atoms with Gasteiger partial charge >= 0.3 is 0 Å². The first-order valence-corrected chi connectivity index (χ1v) is 9.71. The van der Waals surface area contributed by atoms with Crippen molar-refractivity contribution in [2.75, 3.05) is 26.4 Å². The van der Waals surface area contributed by atoms with Crippen molar-refractivity contribution >= 4 is 5.78 Å². The van der Waals surface area contributed by atoms with Crippen LogP contribution in [0, 0.1) is 10.8 Å². The average Bonchev–Trinajstić information content (AvgIpc) is 3.31. The minimum atomic E-state index is -0.471. The molecule has 134 valence electrons. The normalized spacial score (nSPS) is 39.6. The maximum Gasteiger partial charge on any atom is 0.168 e. The second kappa shape index (κ2) is 5.26. The SMILES string of the molecule is O=C1C2(CCC13COC1(CCCC1)OC3)COC1(CCCC1)OC2. The molecule has 5 rings (SSSR count). The molecule has 0 aromatic heterocycles. The molecule has 0 bridgehead atoms. The molecule has 5 heteroatoms. The summed E-state index contributed by atoms with van der Waals surface area (Å²) in [7, 11) is 0. The molecule has 3 aliphatic carbocycles. The van der Waals surface area contributed by atoms with E-state index in [1.165, 1.54) is 0 Å². The van der Waals surface area contributed by atoms with E-state index in [-0.39, 0.29) is 5.78 Å². The average molecular weight is 336 g/mol. The van der Waals surface area contributed by atoms with E-state index in [9.17, 15) is 4.79 Å². The van der Waals surface area contributed by atoms with Crippen LogP contribution in [0.5, 0.6) is 0 Å². The lowest BCUT2D eigenvalue weighted by atomic mass is 9.78. The highest BCUT2D eigenvalue weighted by molar-refractivity contribution is 5.93. The predicted octanol–water partition coefficient (Wildman–Crippen LogP) is 2.96. The van der Waals surface area contributed by atoms with Crippen LogP contribution in [0.1, 0.15) is 64.2 Å². The molecule has 5 aliphatic rings. The van der Waals surface area contributed by atoms with Gasteiger partial charge in [0, 0.05) is 25.7 Å². The van der Waals surface area contributed by atoms with Crippen LogP contribution in [-0.4, -0.2) is 43.8 Å². The molecular weight excluding hydrogens is 308 g/mol. The predicted molar refractivity (Wildman–Crippen MR) is 85.3 cm³/mol. The highest BCUT2D eigenvalue weighted by atomic mass is 16.7. The summed E-state index contributed by atoms with van der Waals surface area (Å²) in [4.78, 5) is 13.3. The van der Waals surface area contributed by atoms with Gasteiger partial charge in [0.15, 0.2) is 17.4 Å². The lowest BCUT2D eigenvalue weighted by molar-refractivity contribution is -0.300. The Kier molecular flexibility index (Phi) is 3.45. The number of hydrogen-bond acceptors (Lipinski definition) is 5. The minimum Gasteiger partial charge on any atom is -0.349 e. The zero-order valence-corrected chi connectivity index (χ0v) is 14.4. The fraction of sp³-hybridized carbons (Fsp3) is 0.947. The Labute approximate surface area is 143 Å². The number of hydrogen-bond donors (Lipinski definition) is 0. The van der Waals surface area contributed by atoms with Crippen LogP contribution in [0.4, 0.5) is 0 Å². The maximum absolute atomic E-state index is 13.3. The van der Waals surface area contributed by atoms with E-state index in [2.05, 4.69) is 0 Å². The van der Waals surface area contributed by atoms with E-state index in [1.54, 1.807) is 0 Å². The molecule has 0 aromatic carbocycles. The molecule has 0 aromatic rings. The van der Waals surface area contributed by atoms with Gasteiger partial charge in [-0.05, 0) is 38.5 Å². The second-order valence-electron chi connectivity index (χ2n) is 8.78. The van der Waals surface area contributed by atoms with Gasteiger partial charge in [-0.25, -0.2) is 0 Å². The van der Waals surface area contributed by atoms with Gasteiger partial charge in [0.1, 0.15) is 0 Å². The number of carbonyl (C=O) groups is 1. The Morgan fingerprint density at radius 2 is 0.875 bits per heavy atom. The van der Waals surface area contributed by atoms with Crippen molar-refractivity contribution in [2.24, 2.45) is 10.8 Å². The Hall–Kier alpha value is -0.490. The number of carbonyl (C=O) groups excluding carboxylic acids is 1. The topological polar surface area (TPSA) is 54.0 Å². The Bertz CT molecular complexity index is 464. The van der Waals surface area contributed by atoms with E-state index in [4.69, 9.17) is 18.9 Å². The van der Waals surface area contributed by atoms with Gasteiger partial charge in [-0.1, -0.05) is 0 Å². The molecule has 5 nitrogen and oxygen atoms in total. The molecule has 2 saturated heterocycles. The van der Waals surface area contributed by atoms with Gasteiger partial charge in [0.25, 0.3) is 0 Å². The standard InChI is InChI=1S/C19H28O5/c20-15-16(11-21-18(22-12-16)5-1-2-6-18)9-10-17(15)13-23-19(24-14-17)7-3-4-8-19/h1-14H2. The molecule has 5 fully saturated rings. The molecule has 0 radical (unpaired) electrons. The highest BCUT2D eigenvalue weighted by Gasteiger charge is 2.62. The Morgan fingerprint density at radius 1 is 0.542 bits per heavy atom. The fourth-order valence-electron chi connectivity index (χ4n) is 5.47. The zero-order valence-electron chi connectivity index (χ0n) is 14.4. The third kappa shape index (κ3) is 2.17. The van der Waals surface area contributed by atoms with Gasteiger partial charge in [0.2, 0.25) is 0 Å². The summed E-state index contributed by atoms with van der Waals surface area (Å²) in [6, 6.07) is 0. The van der Waals surface area contributed by atoms with Crippen LogP contribution in [0.15, 0.2) is 0 Å². The summed E-state index contributed by atoms with van der Waals surface area (Å²) < 4.78 is 24.5. The third-order valence-corrected chi connectivity index (χ3v) is 7.22. The largest absolute Gasteiger partial charge is 0.349 e. The summed E-state index contributed by atoms with van der Waals surface area (Å²) in [5.41, 5.74) is -0.943. The third-order valence-electron chi connectivity index (χ3n) is 7.22. The summed E-state index contributed by atoms with van der Waals surface area (Å²) >= 11 is 0. The Balaban J connectivity index is 1.29. The van der Waals surface area contributed by atoms with E-state index in [0.717, 1.165) is 64.2 Å². The van der Waals surface area contributed by atoms with Gasteiger partial charge < -0.3 is 18.9 Å². The van der Waals surface area contributed by atoms with E-state index in [1.807, 2.05) is 0 Å². The van der Waals surface area contributed by atoms with Gasteiger partial charge in [0.05, 0.1) is 37.3 Å². The van der Waals surface area contributed by atoms with E-state index < -0.39 is 22.4 Å². The van der Waals surface area contributed by atoms with Crippen molar-refractivity contribution in [3.05, 3.63) is 0 Å². The molecule has 0 amide bonds. The monoisotopic (exact) mass is 336 g/mol. The number of Topliss-reactive ketones (excluding diaryl/α,β-unsaturated/α-hetero) is 1. The lowest BCUT2D eigenvalue weighted by Gasteiger charge is -2.45. The van der Waals surface area contributed by atoms with Gasteiger partial charge in [-0.15, -0.1) is 0 Å². The quantitative estimate of drug-likeness (QED) is 0.681. The molecule has 0 unspecified atom stereocenters. The van der Waals surface area contributed by atoms with Crippen LogP contribution in [0.2, 0.25) is 0 Å². The second-order valence-corrected chi connectivity index (χ2v) is 8.78. The van der Waals surface area contributed by atoms with E-state index >= 15 is 0 Å². The fourth-order valence-corrected chi connectivity index (χ4v) is 5.47. The lowest BCUT2D eigenvalue weighted by Crippen LogP contribution is -2.56. The van der Waals surface area contributed by atoms with Crippen LogP contribution in [0.3, 0.4) is 0 Å². The van der Waals surface area contributed by atoms with Crippen LogP contribution in [-0.2, 0) is 23.7 Å². The van der Waals surface area contributed by atoms with Crippen LogP contribution < -0.4 is 0 Å². The zero-order chi connectivity index (χ0) is 16.3. The highest BCUT2D eigenvalue weighted by Crippen LogP contribution is 2.54. The van der Waals surface area contributed by atoms with Crippen molar-refractivity contribution in [3.63, 3.8) is 0 Å². The van der Waals surface area contributed by atoms with Crippen molar-refractivity contribution in [1.29, 1.82) is 0 Å². The first kappa shape index (κ1) is 15.7. The summed E-state index contributed by atoms with van der Waals surface area (Å²) in [6.07, 6.45) is 10.2. The van der Waals surface area contributed by atoms with Crippen molar-refractivity contribution in [2.45, 2.75) is 75.8 Å². The molecule has 0 atom stereocenters. The molecule has 4 spiro atoms. The molecule has 2 heterocycles. The molecule has 0 N–H and O–H groups in total. The van der Waals surface area contributed by atoms with Crippen LogP contribution in [0.25, 0.3) is 0 Å². The van der Waals surface area contributed by atoms with Crippen molar-refractivity contribution < 1.29 is 23.7 Å². The van der Waals surface area contributed by atoms with Crippen molar-refractivity contribution in [3.8, 4) is 0 Å². The Morgan fingerprint density at radius 3 is 1.21 bits per heavy atom.